The maximum Gasteiger partial charge on any atom is 0.306 e. The van der Waals surface area contributed by atoms with Gasteiger partial charge in [-0.2, -0.15) is 0 Å². The summed E-state index contributed by atoms with van der Waals surface area (Å²) in [7, 11) is 0. The first-order valence-electron chi connectivity index (χ1n) is 30.5. The molecule has 0 aliphatic heterocycles. The molecule has 0 heterocycles. The van der Waals surface area contributed by atoms with E-state index in [9.17, 15) is 14.4 Å². The fourth-order valence-corrected chi connectivity index (χ4v) is 9.11. The van der Waals surface area contributed by atoms with Gasteiger partial charge in [0.1, 0.15) is 13.2 Å². The van der Waals surface area contributed by atoms with Crippen LogP contribution in [0.15, 0.2) is 36.5 Å². The summed E-state index contributed by atoms with van der Waals surface area (Å²) in [6.45, 7) is 6.54. The average Bonchev–Trinajstić information content (AvgIpc) is 3.35. The van der Waals surface area contributed by atoms with Crippen molar-refractivity contribution in [3.05, 3.63) is 36.5 Å². The second-order valence-corrected chi connectivity index (χ2v) is 20.6. The molecule has 0 saturated carbocycles. The molecule has 0 radical (unpaired) electrons. The van der Waals surface area contributed by atoms with Crippen molar-refractivity contribution in [2.75, 3.05) is 13.2 Å². The first-order chi connectivity index (χ1) is 34.0. The monoisotopic (exact) mass is 969 g/mol. The number of unbranched alkanes of at least 4 members (excludes halogenated alkanes) is 39. The second-order valence-electron chi connectivity index (χ2n) is 20.6. The average molecular weight is 970 g/mol. The smallest absolute Gasteiger partial charge is 0.306 e. The lowest BCUT2D eigenvalue weighted by atomic mass is 10.0. The molecule has 0 aliphatic rings. The Kier molecular flexibility index (Phi) is 56.2. The lowest BCUT2D eigenvalue weighted by molar-refractivity contribution is -0.167. The van der Waals surface area contributed by atoms with Crippen molar-refractivity contribution in [1.29, 1.82) is 0 Å². The van der Waals surface area contributed by atoms with E-state index in [4.69, 9.17) is 14.2 Å². The number of carbonyl (C=O) groups is 3. The summed E-state index contributed by atoms with van der Waals surface area (Å²) < 4.78 is 16.8. The molecule has 1 atom stereocenters. The van der Waals surface area contributed by atoms with Gasteiger partial charge < -0.3 is 14.2 Å². The molecule has 0 N–H and O–H groups in total. The summed E-state index contributed by atoms with van der Waals surface area (Å²) in [5.41, 5.74) is 0. The SMILES string of the molecule is CC/C=C\C/C=C\C/C=C\CCCCCCCC(=O)OC(COC(=O)CCCCCCCCCCC)COC(=O)CCCCCCCCCCCCCCCCCCCCCCCCCCCCC. The topological polar surface area (TPSA) is 78.9 Å². The van der Waals surface area contributed by atoms with E-state index >= 15 is 0 Å². The van der Waals surface area contributed by atoms with E-state index in [1.54, 1.807) is 0 Å². The summed E-state index contributed by atoms with van der Waals surface area (Å²) in [6.07, 6.45) is 70.3. The van der Waals surface area contributed by atoms with E-state index in [-0.39, 0.29) is 31.1 Å². The zero-order chi connectivity index (χ0) is 50.0. The number of allylic oxidation sites excluding steroid dienone is 6. The second kappa shape index (κ2) is 58.2. The van der Waals surface area contributed by atoms with Crippen LogP contribution in [0.5, 0.6) is 0 Å². The standard InChI is InChI=1S/C63H116O6/c1-4-7-10-13-16-19-21-23-25-26-27-28-29-30-31-32-33-34-35-36-38-39-41-44-47-50-53-56-62(65)68-59-60(58-67-61(64)55-52-49-46-43-18-15-12-9-6-3)69-63(66)57-54-51-48-45-42-40-37-24-22-20-17-14-11-8-5-2/h8,11,17,20,24,37,60H,4-7,9-10,12-16,18-19,21-23,25-36,38-59H2,1-3H3/b11-8-,20-17-,37-24-. The van der Waals surface area contributed by atoms with Crippen LogP contribution in [0.3, 0.4) is 0 Å². The number of esters is 3. The Morgan fingerprint density at radius 2 is 0.565 bits per heavy atom. The zero-order valence-corrected chi connectivity index (χ0v) is 46.3. The first kappa shape index (κ1) is 66.6. The van der Waals surface area contributed by atoms with Crippen LogP contribution in [0, 0.1) is 0 Å². The Labute approximate surface area is 429 Å². The lowest BCUT2D eigenvalue weighted by Crippen LogP contribution is -2.30. The van der Waals surface area contributed by atoms with Crippen molar-refractivity contribution in [1.82, 2.24) is 0 Å². The lowest BCUT2D eigenvalue weighted by Gasteiger charge is -2.18. The van der Waals surface area contributed by atoms with Crippen molar-refractivity contribution in [2.24, 2.45) is 0 Å². The summed E-state index contributed by atoms with van der Waals surface area (Å²) in [4.78, 5) is 38.0. The Bertz CT molecular complexity index is 1160. The fourth-order valence-electron chi connectivity index (χ4n) is 9.11. The maximum absolute atomic E-state index is 12.8. The van der Waals surface area contributed by atoms with E-state index in [0.29, 0.717) is 19.3 Å². The van der Waals surface area contributed by atoms with Gasteiger partial charge in [-0.1, -0.05) is 295 Å². The van der Waals surface area contributed by atoms with Crippen LogP contribution in [0.25, 0.3) is 0 Å². The molecule has 0 aromatic rings. The molecule has 6 heteroatoms. The molecule has 6 nitrogen and oxygen atoms in total. The Balaban J connectivity index is 4.11. The molecular formula is C63H116O6. The highest BCUT2D eigenvalue weighted by atomic mass is 16.6. The third-order valence-electron chi connectivity index (χ3n) is 13.7. The summed E-state index contributed by atoms with van der Waals surface area (Å²) in [5.74, 6) is -0.877. The van der Waals surface area contributed by atoms with E-state index in [1.807, 2.05) is 0 Å². The third kappa shape index (κ3) is 56.4. The van der Waals surface area contributed by atoms with Gasteiger partial charge in [-0.25, -0.2) is 0 Å². The molecule has 0 rings (SSSR count). The van der Waals surface area contributed by atoms with Crippen LogP contribution < -0.4 is 0 Å². The molecule has 0 saturated heterocycles. The molecule has 1 unspecified atom stereocenters. The van der Waals surface area contributed by atoms with Crippen LogP contribution >= 0.6 is 0 Å². The maximum atomic E-state index is 12.8. The number of ether oxygens (including phenoxy) is 3. The van der Waals surface area contributed by atoms with Crippen molar-refractivity contribution >= 4 is 17.9 Å². The summed E-state index contributed by atoms with van der Waals surface area (Å²) in [6, 6.07) is 0. The van der Waals surface area contributed by atoms with Crippen molar-refractivity contribution in [3.63, 3.8) is 0 Å². The van der Waals surface area contributed by atoms with Gasteiger partial charge in [-0.3, -0.25) is 14.4 Å². The van der Waals surface area contributed by atoms with E-state index in [1.165, 1.54) is 193 Å². The van der Waals surface area contributed by atoms with Crippen molar-refractivity contribution < 1.29 is 28.6 Å². The molecule has 69 heavy (non-hydrogen) atoms. The summed E-state index contributed by atoms with van der Waals surface area (Å²) in [5, 5.41) is 0. The molecule has 0 fully saturated rings. The van der Waals surface area contributed by atoms with Crippen LogP contribution in [0.2, 0.25) is 0 Å². The minimum absolute atomic E-state index is 0.0748. The van der Waals surface area contributed by atoms with Gasteiger partial charge in [0.2, 0.25) is 0 Å². The van der Waals surface area contributed by atoms with Crippen LogP contribution in [-0.4, -0.2) is 37.2 Å². The number of carbonyl (C=O) groups excluding carboxylic acids is 3. The molecular weight excluding hydrogens is 853 g/mol. The minimum Gasteiger partial charge on any atom is -0.462 e. The molecule has 0 amide bonds. The number of hydrogen-bond acceptors (Lipinski definition) is 6. The summed E-state index contributed by atoms with van der Waals surface area (Å²) >= 11 is 0. The number of hydrogen-bond donors (Lipinski definition) is 0. The molecule has 0 spiro atoms. The highest BCUT2D eigenvalue weighted by molar-refractivity contribution is 5.71. The van der Waals surface area contributed by atoms with Crippen molar-refractivity contribution in [3.8, 4) is 0 Å². The Morgan fingerprint density at radius 1 is 0.304 bits per heavy atom. The van der Waals surface area contributed by atoms with Gasteiger partial charge >= 0.3 is 17.9 Å². The highest BCUT2D eigenvalue weighted by Gasteiger charge is 2.19. The fraction of sp³-hybridized carbons (Fsp3) is 0.857. The third-order valence-corrected chi connectivity index (χ3v) is 13.7. The molecule has 0 aromatic carbocycles. The molecule has 0 aromatic heterocycles. The normalized spacial score (nSPS) is 12.2. The van der Waals surface area contributed by atoms with Gasteiger partial charge in [0.15, 0.2) is 6.10 Å². The minimum atomic E-state index is -0.776. The molecule has 0 aliphatic carbocycles. The predicted molar refractivity (Wildman–Crippen MR) is 298 cm³/mol. The van der Waals surface area contributed by atoms with E-state index in [0.717, 1.165) is 96.3 Å². The first-order valence-corrected chi connectivity index (χ1v) is 30.5. The molecule has 404 valence electrons. The van der Waals surface area contributed by atoms with Crippen LogP contribution in [0.1, 0.15) is 329 Å². The largest absolute Gasteiger partial charge is 0.462 e. The van der Waals surface area contributed by atoms with E-state index in [2.05, 4.69) is 57.2 Å². The van der Waals surface area contributed by atoms with Gasteiger partial charge in [0.05, 0.1) is 0 Å². The Morgan fingerprint density at radius 3 is 0.884 bits per heavy atom. The van der Waals surface area contributed by atoms with Crippen molar-refractivity contribution in [2.45, 2.75) is 335 Å². The zero-order valence-electron chi connectivity index (χ0n) is 46.3. The Hall–Kier alpha value is -2.37. The molecule has 0 bridgehead atoms. The van der Waals surface area contributed by atoms with Gasteiger partial charge in [0, 0.05) is 19.3 Å². The van der Waals surface area contributed by atoms with Gasteiger partial charge in [-0.05, 0) is 51.4 Å². The van der Waals surface area contributed by atoms with E-state index < -0.39 is 6.10 Å². The quantitative estimate of drug-likeness (QED) is 0.0261. The van der Waals surface area contributed by atoms with Crippen LogP contribution in [0.4, 0.5) is 0 Å². The number of rotatable bonds is 56. The van der Waals surface area contributed by atoms with Crippen LogP contribution in [-0.2, 0) is 28.6 Å². The van der Waals surface area contributed by atoms with Gasteiger partial charge in [0.25, 0.3) is 0 Å². The highest BCUT2D eigenvalue weighted by Crippen LogP contribution is 2.18. The predicted octanol–water partition coefficient (Wildman–Crippen LogP) is 20.4. The van der Waals surface area contributed by atoms with Gasteiger partial charge in [-0.15, -0.1) is 0 Å².